The lowest BCUT2D eigenvalue weighted by atomic mass is 9.97. The summed E-state index contributed by atoms with van der Waals surface area (Å²) in [5, 5.41) is 8.93. The van der Waals surface area contributed by atoms with Crippen molar-refractivity contribution in [3.63, 3.8) is 0 Å². The number of aromatic nitrogens is 2. The molecule has 3 heterocycles. The zero-order valence-corrected chi connectivity index (χ0v) is 16.7. The molecule has 4 rings (SSSR count). The fourth-order valence-electron chi connectivity index (χ4n) is 2.97. The lowest BCUT2D eigenvalue weighted by molar-refractivity contribution is -0.192. The number of ether oxygens (including phenoxy) is 1. The zero-order valence-electron chi connectivity index (χ0n) is 15.9. The highest BCUT2D eigenvalue weighted by Crippen LogP contribution is 2.29. The van der Waals surface area contributed by atoms with Crippen LogP contribution in [0.4, 0.5) is 13.2 Å². The lowest BCUT2D eigenvalue weighted by Gasteiger charge is -2.29. The molecule has 1 amide bonds. The molecular weight excluding hydrogens is 423 g/mol. The number of thiazole rings is 1. The molecule has 11 heteroatoms. The molecule has 1 aliphatic heterocycles. The van der Waals surface area contributed by atoms with Crippen molar-refractivity contribution in [1.29, 1.82) is 0 Å². The van der Waals surface area contributed by atoms with Crippen LogP contribution in [-0.2, 0) is 29.1 Å². The first kappa shape index (κ1) is 22.2. The minimum Gasteiger partial charge on any atom is -0.475 e. The number of pyridine rings is 1. The van der Waals surface area contributed by atoms with Crippen LogP contribution < -0.4 is 0 Å². The van der Waals surface area contributed by atoms with Gasteiger partial charge in [-0.25, -0.2) is 9.78 Å². The average molecular weight is 443 g/mol. The molecule has 0 spiro atoms. The van der Waals surface area contributed by atoms with Crippen LogP contribution in [0, 0.1) is 5.92 Å². The third kappa shape index (κ3) is 5.99. The van der Waals surface area contributed by atoms with Crippen molar-refractivity contribution in [3.8, 4) is 0 Å². The minimum atomic E-state index is -5.08. The number of aliphatic carboxylic acids is 1. The number of rotatable bonds is 5. The van der Waals surface area contributed by atoms with Gasteiger partial charge < -0.3 is 14.7 Å². The summed E-state index contributed by atoms with van der Waals surface area (Å²) >= 11 is 1.45. The molecule has 7 nitrogen and oxygen atoms in total. The van der Waals surface area contributed by atoms with Crippen LogP contribution in [-0.4, -0.2) is 51.2 Å². The number of carboxylic acids is 1. The largest absolute Gasteiger partial charge is 0.490 e. The molecule has 0 bridgehead atoms. The second-order valence-electron chi connectivity index (χ2n) is 7.05. The lowest BCUT2D eigenvalue weighted by Crippen LogP contribution is -2.36. The van der Waals surface area contributed by atoms with E-state index in [4.69, 9.17) is 14.6 Å². The van der Waals surface area contributed by atoms with Crippen molar-refractivity contribution < 1.29 is 32.6 Å². The Balaban J connectivity index is 0.000000318. The van der Waals surface area contributed by atoms with Crippen molar-refractivity contribution in [2.45, 2.75) is 38.6 Å². The molecule has 2 aromatic rings. The molecule has 0 unspecified atom stereocenters. The Morgan fingerprint density at radius 3 is 2.63 bits per heavy atom. The number of nitrogens with zero attached hydrogens (tertiary/aromatic N) is 3. The van der Waals surface area contributed by atoms with Crippen LogP contribution >= 0.6 is 11.3 Å². The summed E-state index contributed by atoms with van der Waals surface area (Å²) in [6.45, 7) is 2.82. The predicted molar refractivity (Wildman–Crippen MR) is 101 cm³/mol. The molecule has 162 valence electrons. The maximum Gasteiger partial charge on any atom is 0.490 e. The van der Waals surface area contributed by atoms with E-state index in [9.17, 15) is 18.0 Å². The summed E-state index contributed by atoms with van der Waals surface area (Å²) in [5.74, 6) is -1.98. The quantitative estimate of drug-likeness (QED) is 0.762. The van der Waals surface area contributed by atoms with Crippen molar-refractivity contribution in [3.05, 3.63) is 45.7 Å². The van der Waals surface area contributed by atoms with E-state index >= 15 is 0 Å². The Labute approximate surface area is 174 Å². The molecular formula is C19H20F3N3O4S. The Bertz CT molecular complexity index is 886. The van der Waals surface area contributed by atoms with Gasteiger partial charge in [-0.05, 0) is 41.9 Å². The average Bonchev–Trinajstić information content (AvgIpc) is 3.37. The zero-order chi connectivity index (χ0) is 21.7. The number of amides is 1. The van der Waals surface area contributed by atoms with Gasteiger partial charge in [-0.1, -0.05) is 0 Å². The first-order chi connectivity index (χ1) is 14.3. The van der Waals surface area contributed by atoms with E-state index in [1.807, 2.05) is 17.3 Å². The van der Waals surface area contributed by atoms with Gasteiger partial charge in [-0.3, -0.25) is 9.78 Å². The van der Waals surface area contributed by atoms with Crippen LogP contribution in [0.2, 0.25) is 0 Å². The van der Waals surface area contributed by atoms with E-state index in [0.29, 0.717) is 18.8 Å². The predicted octanol–water partition coefficient (Wildman–Crippen LogP) is 3.30. The van der Waals surface area contributed by atoms with Crippen molar-refractivity contribution in [2.75, 3.05) is 13.2 Å². The second-order valence-corrected chi connectivity index (χ2v) is 7.77. The molecule has 1 fully saturated rings. The number of carbonyl (C=O) groups excluding carboxylic acids is 1. The van der Waals surface area contributed by atoms with Crippen LogP contribution in [0.1, 0.15) is 40.0 Å². The van der Waals surface area contributed by atoms with Crippen molar-refractivity contribution in [1.82, 2.24) is 14.9 Å². The van der Waals surface area contributed by atoms with Gasteiger partial charge in [-0.15, -0.1) is 11.3 Å². The molecule has 0 aromatic carbocycles. The fourth-order valence-corrected chi connectivity index (χ4v) is 3.49. The molecule has 2 aromatic heterocycles. The summed E-state index contributed by atoms with van der Waals surface area (Å²) in [6.07, 6.45) is 2.16. The highest BCUT2D eigenvalue weighted by molar-refractivity contribution is 7.07. The van der Waals surface area contributed by atoms with E-state index in [1.165, 1.54) is 35.3 Å². The van der Waals surface area contributed by atoms with E-state index < -0.39 is 12.1 Å². The van der Waals surface area contributed by atoms with Gasteiger partial charge >= 0.3 is 12.1 Å². The Morgan fingerprint density at radius 2 is 2.03 bits per heavy atom. The first-order valence-corrected chi connectivity index (χ1v) is 10.2. The minimum absolute atomic E-state index is 0.00675. The highest BCUT2D eigenvalue weighted by atomic mass is 32.1. The normalized spacial score (nSPS) is 15.8. The maximum atomic E-state index is 12.4. The van der Waals surface area contributed by atoms with E-state index in [-0.39, 0.29) is 5.91 Å². The first-order valence-electron chi connectivity index (χ1n) is 9.25. The molecule has 1 saturated carbocycles. The van der Waals surface area contributed by atoms with E-state index in [0.717, 1.165) is 31.1 Å². The van der Waals surface area contributed by atoms with Crippen LogP contribution in [0.25, 0.3) is 0 Å². The summed E-state index contributed by atoms with van der Waals surface area (Å²) in [7, 11) is 0. The number of alkyl halides is 3. The van der Waals surface area contributed by atoms with Gasteiger partial charge in [0, 0.05) is 37.5 Å². The van der Waals surface area contributed by atoms with Crippen LogP contribution in [0.15, 0.2) is 23.3 Å². The summed E-state index contributed by atoms with van der Waals surface area (Å²) in [6, 6.07) is 0. The Kier molecular flexibility index (Phi) is 7.03. The van der Waals surface area contributed by atoms with Gasteiger partial charge in [0.05, 0.1) is 12.1 Å². The molecule has 0 saturated heterocycles. The van der Waals surface area contributed by atoms with Crippen LogP contribution in [0.3, 0.4) is 0 Å². The Morgan fingerprint density at radius 1 is 1.30 bits per heavy atom. The third-order valence-electron chi connectivity index (χ3n) is 4.72. The van der Waals surface area contributed by atoms with Crippen molar-refractivity contribution in [2.24, 2.45) is 5.92 Å². The van der Waals surface area contributed by atoms with Gasteiger partial charge in [0.2, 0.25) is 0 Å². The molecule has 1 aliphatic carbocycles. The molecule has 2 aliphatic rings. The Hall–Kier alpha value is -2.53. The summed E-state index contributed by atoms with van der Waals surface area (Å²) < 4.78 is 37.5. The van der Waals surface area contributed by atoms with Gasteiger partial charge in [0.1, 0.15) is 5.69 Å². The number of fused-ring (bicyclic) bond motifs is 1. The fraction of sp³-hybridized carbons (Fsp3) is 0.474. The maximum absolute atomic E-state index is 12.4. The number of halogens is 3. The van der Waals surface area contributed by atoms with Crippen LogP contribution in [0.5, 0.6) is 0 Å². The molecule has 1 N–H and O–H groups in total. The number of carbonyl (C=O) groups is 2. The second kappa shape index (κ2) is 9.52. The molecule has 0 radical (unpaired) electrons. The monoisotopic (exact) mass is 443 g/mol. The summed E-state index contributed by atoms with van der Waals surface area (Å²) in [4.78, 5) is 31.6. The van der Waals surface area contributed by atoms with Crippen molar-refractivity contribution >= 4 is 23.2 Å². The number of hydrogen-bond acceptors (Lipinski definition) is 6. The van der Waals surface area contributed by atoms with Gasteiger partial charge in [0.15, 0.2) is 0 Å². The standard InChI is InChI=1S/C17H19N3O2S.C2HF3O2/c21-17(16-10-23-11-19-16)20-4-3-15-13(7-20)5-18-6-14(15)9-22-8-12-1-2-12;3-2(4,5)1(6)7/h5-6,10-12H,1-4,7-9H2;(H,6,7). The third-order valence-corrected chi connectivity index (χ3v) is 5.30. The van der Waals surface area contributed by atoms with Gasteiger partial charge in [-0.2, -0.15) is 13.2 Å². The smallest absolute Gasteiger partial charge is 0.475 e. The SMILES string of the molecule is O=C(O)C(F)(F)F.O=C(c1cscn1)N1CCc2c(COCC3CC3)cncc2C1. The van der Waals surface area contributed by atoms with E-state index in [1.54, 1.807) is 10.9 Å². The summed E-state index contributed by atoms with van der Waals surface area (Å²) in [5.41, 5.74) is 5.84. The number of carboxylic acid groups (broad SMARTS) is 1. The number of hydrogen-bond donors (Lipinski definition) is 1. The van der Waals surface area contributed by atoms with E-state index in [2.05, 4.69) is 9.97 Å². The highest BCUT2D eigenvalue weighted by Gasteiger charge is 2.38. The topological polar surface area (TPSA) is 92.6 Å². The molecule has 30 heavy (non-hydrogen) atoms. The molecule has 0 atom stereocenters. The van der Waals surface area contributed by atoms with Gasteiger partial charge in [0.25, 0.3) is 5.91 Å².